The highest BCUT2D eigenvalue weighted by Gasteiger charge is 2.12. The van der Waals surface area contributed by atoms with Gasteiger partial charge < -0.3 is 9.47 Å². The molecule has 3 nitrogen and oxygen atoms in total. The lowest BCUT2D eigenvalue weighted by atomic mass is 10.2. The van der Waals surface area contributed by atoms with Crippen molar-refractivity contribution >= 4 is 6.29 Å². The summed E-state index contributed by atoms with van der Waals surface area (Å²) in [6, 6.07) is 0. The Labute approximate surface area is 78.7 Å². The minimum atomic E-state index is -0.0154. The number of aldehydes is 1. The standard InChI is InChI=1S/C10H16O3/c11-7-3-1-4-8-12-10-6-2-5-9-13-10/h1,3,7,10H,2,4-6,8-9H2. The number of ether oxygens (including phenoxy) is 2. The number of carbonyl (C=O) groups is 1. The van der Waals surface area contributed by atoms with Crippen molar-refractivity contribution < 1.29 is 14.3 Å². The van der Waals surface area contributed by atoms with Crippen LogP contribution in [-0.4, -0.2) is 25.8 Å². The predicted octanol–water partition coefficient (Wildman–Crippen LogP) is 1.67. The van der Waals surface area contributed by atoms with Crippen molar-refractivity contribution in [3.8, 4) is 0 Å². The highest BCUT2D eigenvalue weighted by molar-refractivity contribution is 5.64. The normalized spacial score (nSPS) is 23.5. The molecule has 1 saturated heterocycles. The molecule has 0 radical (unpaired) electrons. The van der Waals surface area contributed by atoms with E-state index in [2.05, 4.69) is 0 Å². The number of rotatable bonds is 5. The van der Waals surface area contributed by atoms with Crippen LogP contribution in [0.5, 0.6) is 0 Å². The van der Waals surface area contributed by atoms with Gasteiger partial charge in [-0.3, -0.25) is 4.79 Å². The van der Waals surface area contributed by atoms with Gasteiger partial charge in [-0.15, -0.1) is 0 Å². The van der Waals surface area contributed by atoms with Crippen LogP contribution < -0.4 is 0 Å². The lowest BCUT2D eigenvalue weighted by Crippen LogP contribution is -2.22. The molecule has 1 atom stereocenters. The Morgan fingerprint density at radius 3 is 3.08 bits per heavy atom. The quantitative estimate of drug-likeness (QED) is 0.370. The van der Waals surface area contributed by atoms with E-state index in [-0.39, 0.29) is 6.29 Å². The summed E-state index contributed by atoms with van der Waals surface area (Å²) in [6.07, 6.45) is 8.16. The third-order valence-electron chi connectivity index (χ3n) is 1.94. The van der Waals surface area contributed by atoms with Crippen LogP contribution in [0, 0.1) is 0 Å². The second-order valence-corrected chi connectivity index (χ2v) is 3.02. The van der Waals surface area contributed by atoms with Crippen LogP contribution >= 0.6 is 0 Å². The molecule has 3 heteroatoms. The van der Waals surface area contributed by atoms with E-state index in [1.165, 1.54) is 12.5 Å². The molecule has 0 aromatic carbocycles. The van der Waals surface area contributed by atoms with Gasteiger partial charge in [0.15, 0.2) is 6.29 Å². The fourth-order valence-corrected chi connectivity index (χ4v) is 1.26. The molecule has 0 aromatic heterocycles. The third-order valence-corrected chi connectivity index (χ3v) is 1.94. The maximum absolute atomic E-state index is 9.92. The molecule has 0 saturated carbocycles. The van der Waals surface area contributed by atoms with Crippen LogP contribution in [-0.2, 0) is 14.3 Å². The summed E-state index contributed by atoms with van der Waals surface area (Å²) in [4.78, 5) is 9.92. The Kier molecular flexibility index (Phi) is 5.45. The monoisotopic (exact) mass is 184 g/mol. The molecule has 0 aromatic rings. The second kappa shape index (κ2) is 6.80. The average Bonchev–Trinajstić information content (AvgIpc) is 2.19. The Bertz CT molecular complexity index is 160. The van der Waals surface area contributed by atoms with Gasteiger partial charge >= 0.3 is 0 Å². The molecule has 1 fully saturated rings. The molecule has 13 heavy (non-hydrogen) atoms. The highest BCUT2D eigenvalue weighted by atomic mass is 16.7. The lowest BCUT2D eigenvalue weighted by molar-refractivity contribution is -0.161. The van der Waals surface area contributed by atoms with Crippen LogP contribution in [0.2, 0.25) is 0 Å². The average molecular weight is 184 g/mol. The van der Waals surface area contributed by atoms with Gasteiger partial charge in [0.05, 0.1) is 6.61 Å². The van der Waals surface area contributed by atoms with E-state index in [0.29, 0.717) is 6.61 Å². The number of hydrogen-bond donors (Lipinski definition) is 0. The zero-order chi connectivity index (χ0) is 9.36. The van der Waals surface area contributed by atoms with Gasteiger partial charge in [0.25, 0.3) is 0 Å². The highest BCUT2D eigenvalue weighted by Crippen LogP contribution is 2.13. The maximum atomic E-state index is 9.92. The fourth-order valence-electron chi connectivity index (χ4n) is 1.26. The molecule has 0 bridgehead atoms. The summed E-state index contributed by atoms with van der Waals surface area (Å²) >= 11 is 0. The van der Waals surface area contributed by atoms with Crippen molar-refractivity contribution in [3.63, 3.8) is 0 Å². The van der Waals surface area contributed by atoms with Crippen LogP contribution in [0.4, 0.5) is 0 Å². The summed E-state index contributed by atoms with van der Waals surface area (Å²) in [6.45, 7) is 1.45. The van der Waals surface area contributed by atoms with Gasteiger partial charge in [-0.1, -0.05) is 6.08 Å². The molecule has 1 unspecified atom stereocenters. The number of hydrogen-bond acceptors (Lipinski definition) is 3. The van der Waals surface area contributed by atoms with Crippen LogP contribution in [0.1, 0.15) is 25.7 Å². The molecule has 1 heterocycles. The van der Waals surface area contributed by atoms with Crippen LogP contribution in [0.25, 0.3) is 0 Å². The Morgan fingerprint density at radius 1 is 1.46 bits per heavy atom. The molecular formula is C10H16O3. The van der Waals surface area contributed by atoms with Gasteiger partial charge in [-0.05, 0) is 31.8 Å². The van der Waals surface area contributed by atoms with Crippen molar-refractivity contribution in [1.29, 1.82) is 0 Å². The summed E-state index contributed by atoms with van der Waals surface area (Å²) < 4.78 is 10.8. The lowest BCUT2D eigenvalue weighted by Gasteiger charge is -2.22. The van der Waals surface area contributed by atoms with Gasteiger partial charge in [-0.25, -0.2) is 0 Å². The van der Waals surface area contributed by atoms with Gasteiger partial charge in [0, 0.05) is 6.61 Å². The van der Waals surface area contributed by atoms with Gasteiger partial charge in [0.2, 0.25) is 0 Å². The van der Waals surface area contributed by atoms with Crippen molar-refractivity contribution in [1.82, 2.24) is 0 Å². The third kappa shape index (κ3) is 4.80. The summed E-state index contributed by atoms with van der Waals surface area (Å²) in [5.74, 6) is 0. The van der Waals surface area contributed by atoms with Crippen molar-refractivity contribution in [2.24, 2.45) is 0 Å². The smallest absolute Gasteiger partial charge is 0.157 e. The Balaban J connectivity index is 1.97. The number of carbonyl (C=O) groups excluding carboxylic acids is 1. The predicted molar refractivity (Wildman–Crippen MR) is 49.4 cm³/mol. The Morgan fingerprint density at radius 2 is 2.38 bits per heavy atom. The Hall–Kier alpha value is -0.670. The second-order valence-electron chi connectivity index (χ2n) is 3.02. The molecule has 0 N–H and O–H groups in total. The van der Waals surface area contributed by atoms with E-state index in [4.69, 9.17) is 9.47 Å². The van der Waals surface area contributed by atoms with Crippen molar-refractivity contribution in [3.05, 3.63) is 12.2 Å². The molecule has 1 aliphatic heterocycles. The first-order chi connectivity index (χ1) is 6.43. The van der Waals surface area contributed by atoms with Crippen LogP contribution in [0.3, 0.4) is 0 Å². The van der Waals surface area contributed by atoms with Crippen molar-refractivity contribution in [2.45, 2.75) is 32.0 Å². The van der Waals surface area contributed by atoms with E-state index in [1.54, 1.807) is 6.08 Å². The van der Waals surface area contributed by atoms with E-state index in [9.17, 15) is 4.79 Å². The molecule has 0 spiro atoms. The first-order valence-electron chi connectivity index (χ1n) is 4.77. The number of allylic oxidation sites excluding steroid dienone is 1. The first-order valence-corrected chi connectivity index (χ1v) is 4.77. The zero-order valence-electron chi connectivity index (χ0n) is 7.78. The molecule has 0 amide bonds. The topological polar surface area (TPSA) is 35.5 Å². The van der Waals surface area contributed by atoms with E-state index < -0.39 is 0 Å². The zero-order valence-corrected chi connectivity index (χ0v) is 7.78. The SMILES string of the molecule is O=CC=CCCOC1CCCCO1. The minimum Gasteiger partial charge on any atom is -0.353 e. The van der Waals surface area contributed by atoms with E-state index in [1.807, 2.05) is 0 Å². The largest absolute Gasteiger partial charge is 0.353 e. The van der Waals surface area contributed by atoms with Crippen LogP contribution in [0.15, 0.2) is 12.2 Å². The molecule has 0 aliphatic carbocycles. The summed E-state index contributed by atoms with van der Waals surface area (Å²) in [5.41, 5.74) is 0. The van der Waals surface area contributed by atoms with Crippen molar-refractivity contribution in [2.75, 3.05) is 13.2 Å². The molecule has 1 rings (SSSR count). The van der Waals surface area contributed by atoms with Gasteiger partial charge in [-0.2, -0.15) is 0 Å². The fraction of sp³-hybridized carbons (Fsp3) is 0.700. The minimum absolute atomic E-state index is 0.0154. The van der Waals surface area contributed by atoms with E-state index >= 15 is 0 Å². The maximum Gasteiger partial charge on any atom is 0.157 e. The molecule has 1 aliphatic rings. The summed E-state index contributed by atoms with van der Waals surface area (Å²) in [5, 5.41) is 0. The van der Waals surface area contributed by atoms with Gasteiger partial charge in [0.1, 0.15) is 6.29 Å². The first kappa shape index (κ1) is 10.4. The molecular weight excluding hydrogens is 168 g/mol. The molecule has 74 valence electrons. The van der Waals surface area contributed by atoms with E-state index in [0.717, 1.165) is 32.2 Å². The summed E-state index contributed by atoms with van der Waals surface area (Å²) in [7, 11) is 0.